The first-order chi connectivity index (χ1) is 9.78. The third kappa shape index (κ3) is 1.57. The molecule has 2 N–H and O–H groups in total. The second-order valence-electron chi connectivity index (χ2n) is 5.62. The Hall–Kier alpha value is -1.95. The number of hydrogen-bond donors (Lipinski definition) is 2. The smallest absolute Gasteiger partial charge is 0.179 e. The van der Waals surface area contributed by atoms with E-state index in [4.69, 9.17) is 0 Å². The number of rotatable bonds is 2. The third-order valence-corrected chi connectivity index (χ3v) is 4.49. The molecule has 0 radical (unpaired) electrons. The minimum absolute atomic E-state index is 0.221. The molecule has 1 aliphatic rings. The van der Waals surface area contributed by atoms with Crippen LogP contribution >= 0.6 is 0 Å². The summed E-state index contributed by atoms with van der Waals surface area (Å²) in [7, 11) is 0. The number of aromatic nitrogens is 5. The topological polar surface area (TPSA) is 79.1 Å². The normalized spacial score (nSPS) is 26.8. The summed E-state index contributed by atoms with van der Waals surface area (Å²) in [6.07, 6.45) is 6.08. The predicted octanol–water partition coefficient (Wildman–Crippen LogP) is 1.87. The van der Waals surface area contributed by atoms with Crippen LogP contribution < -0.4 is 0 Å². The molecule has 0 saturated heterocycles. The molecule has 3 atom stereocenters. The van der Waals surface area contributed by atoms with Crippen molar-refractivity contribution in [2.45, 2.75) is 38.2 Å². The lowest BCUT2D eigenvalue weighted by Gasteiger charge is -2.15. The van der Waals surface area contributed by atoms with Crippen LogP contribution in [-0.4, -0.2) is 35.8 Å². The zero-order valence-corrected chi connectivity index (χ0v) is 11.3. The molecular weight excluding hydrogens is 254 g/mol. The maximum Gasteiger partial charge on any atom is 0.179 e. The fraction of sp³-hybridized carbons (Fsp3) is 0.500. The van der Waals surface area contributed by atoms with Gasteiger partial charge in [0.1, 0.15) is 5.82 Å². The molecule has 104 valence electrons. The van der Waals surface area contributed by atoms with E-state index in [9.17, 15) is 5.11 Å². The average molecular weight is 271 g/mol. The fourth-order valence-corrected chi connectivity index (χ4v) is 3.50. The SMILES string of the molecule is CCC1CC(O)CC1c1nnc2cnc3[nH]ccc3n12. The lowest BCUT2D eigenvalue weighted by molar-refractivity contribution is 0.176. The lowest BCUT2D eigenvalue weighted by Crippen LogP contribution is -2.09. The van der Waals surface area contributed by atoms with Gasteiger partial charge >= 0.3 is 0 Å². The van der Waals surface area contributed by atoms with E-state index in [-0.39, 0.29) is 12.0 Å². The number of aromatic amines is 1. The molecule has 1 fully saturated rings. The van der Waals surface area contributed by atoms with E-state index < -0.39 is 0 Å². The van der Waals surface area contributed by atoms with Gasteiger partial charge in [-0.2, -0.15) is 0 Å². The van der Waals surface area contributed by atoms with Crippen molar-refractivity contribution in [2.24, 2.45) is 5.92 Å². The Bertz CT molecular complexity index is 761. The lowest BCUT2D eigenvalue weighted by atomic mass is 9.93. The number of aliphatic hydroxyl groups excluding tert-OH is 1. The van der Waals surface area contributed by atoms with Crippen LogP contribution in [0.5, 0.6) is 0 Å². The average Bonchev–Trinajstić information content (AvgIpc) is 3.13. The molecule has 3 unspecified atom stereocenters. The Balaban J connectivity index is 1.93. The molecule has 20 heavy (non-hydrogen) atoms. The van der Waals surface area contributed by atoms with E-state index in [0.29, 0.717) is 5.92 Å². The summed E-state index contributed by atoms with van der Waals surface area (Å²) in [5, 5.41) is 18.6. The highest BCUT2D eigenvalue weighted by Gasteiger charge is 2.36. The Kier molecular flexibility index (Phi) is 2.53. The highest BCUT2D eigenvalue weighted by atomic mass is 16.3. The van der Waals surface area contributed by atoms with E-state index in [1.807, 2.05) is 12.3 Å². The summed E-state index contributed by atoms with van der Waals surface area (Å²) in [5.74, 6) is 1.69. The van der Waals surface area contributed by atoms with Crippen LogP contribution in [0.25, 0.3) is 16.8 Å². The summed E-state index contributed by atoms with van der Waals surface area (Å²) >= 11 is 0. The Labute approximate surface area is 115 Å². The van der Waals surface area contributed by atoms with Crippen molar-refractivity contribution in [3.05, 3.63) is 24.3 Å². The Morgan fingerprint density at radius 3 is 3.15 bits per heavy atom. The van der Waals surface area contributed by atoms with Crippen LogP contribution in [0, 0.1) is 5.92 Å². The molecule has 0 spiro atoms. The molecule has 4 rings (SSSR count). The van der Waals surface area contributed by atoms with Crippen molar-refractivity contribution in [1.29, 1.82) is 0 Å². The first kappa shape index (κ1) is 11.8. The molecule has 0 aromatic carbocycles. The largest absolute Gasteiger partial charge is 0.393 e. The monoisotopic (exact) mass is 271 g/mol. The van der Waals surface area contributed by atoms with Gasteiger partial charge in [-0.3, -0.25) is 4.40 Å². The van der Waals surface area contributed by atoms with Gasteiger partial charge in [0.2, 0.25) is 0 Å². The van der Waals surface area contributed by atoms with Crippen LogP contribution in [0.2, 0.25) is 0 Å². The van der Waals surface area contributed by atoms with Crippen molar-refractivity contribution in [3.8, 4) is 0 Å². The molecule has 0 bridgehead atoms. The second kappa shape index (κ2) is 4.28. The molecule has 1 aliphatic carbocycles. The molecule has 6 heteroatoms. The first-order valence-electron chi connectivity index (χ1n) is 7.13. The first-order valence-corrected chi connectivity index (χ1v) is 7.13. The van der Waals surface area contributed by atoms with Crippen LogP contribution in [0.3, 0.4) is 0 Å². The van der Waals surface area contributed by atoms with Crippen molar-refractivity contribution < 1.29 is 5.11 Å². The zero-order chi connectivity index (χ0) is 13.7. The van der Waals surface area contributed by atoms with Gasteiger partial charge in [0, 0.05) is 12.1 Å². The number of aliphatic hydroxyl groups is 1. The number of fused-ring (bicyclic) bond motifs is 3. The standard InChI is InChI=1S/C14H17N5O/c1-2-8-5-9(20)6-10(8)14-18-17-12-7-16-13-11(19(12)14)3-4-15-13/h3-4,7-10,15,20H,2,5-6H2,1H3. The van der Waals surface area contributed by atoms with Crippen LogP contribution in [-0.2, 0) is 0 Å². The maximum atomic E-state index is 9.97. The summed E-state index contributed by atoms with van der Waals surface area (Å²) in [5.41, 5.74) is 2.60. The van der Waals surface area contributed by atoms with Crippen molar-refractivity contribution in [1.82, 2.24) is 24.6 Å². The minimum atomic E-state index is -0.221. The molecule has 3 heterocycles. The minimum Gasteiger partial charge on any atom is -0.393 e. The molecule has 3 aromatic heterocycles. The van der Waals surface area contributed by atoms with Crippen LogP contribution in [0.1, 0.15) is 37.9 Å². The van der Waals surface area contributed by atoms with Crippen molar-refractivity contribution >= 4 is 16.8 Å². The second-order valence-corrected chi connectivity index (χ2v) is 5.62. The van der Waals surface area contributed by atoms with Gasteiger partial charge in [0.15, 0.2) is 11.3 Å². The van der Waals surface area contributed by atoms with Crippen molar-refractivity contribution in [2.75, 3.05) is 0 Å². The number of nitrogens with one attached hydrogen (secondary N) is 1. The molecular formula is C14H17N5O. The molecule has 3 aromatic rings. The molecule has 0 amide bonds. The number of hydrogen-bond acceptors (Lipinski definition) is 4. The molecule has 0 aliphatic heterocycles. The van der Waals surface area contributed by atoms with Gasteiger partial charge in [0.25, 0.3) is 0 Å². The van der Waals surface area contributed by atoms with Gasteiger partial charge in [-0.1, -0.05) is 13.3 Å². The van der Waals surface area contributed by atoms with E-state index >= 15 is 0 Å². The van der Waals surface area contributed by atoms with Gasteiger partial charge in [0.05, 0.1) is 17.8 Å². The zero-order valence-electron chi connectivity index (χ0n) is 11.3. The third-order valence-electron chi connectivity index (χ3n) is 4.49. The summed E-state index contributed by atoms with van der Waals surface area (Å²) < 4.78 is 2.07. The van der Waals surface area contributed by atoms with E-state index in [2.05, 4.69) is 31.5 Å². The number of nitrogens with zero attached hydrogens (tertiary/aromatic N) is 4. The maximum absolute atomic E-state index is 9.97. The predicted molar refractivity (Wildman–Crippen MR) is 74.4 cm³/mol. The summed E-state index contributed by atoms with van der Waals surface area (Å²) in [6, 6.07) is 1.99. The highest BCUT2D eigenvalue weighted by Crippen LogP contribution is 2.41. The molecule has 1 saturated carbocycles. The van der Waals surface area contributed by atoms with Crippen molar-refractivity contribution in [3.63, 3.8) is 0 Å². The number of H-pyrrole nitrogens is 1. The van der Waals surface area contributed by atoms with E-state index in [1.165, 1.54) is 0 Å². The van der Waals surface area contributed by atoms with Gasteiger partial charge < -0.3 is 10.1 Å². The quantitative estimate of drug-likeness (QED) is 0.745. The Morgan fingerprint density at radius 1 is 1.40 bits per heavy atom. The van der Waals surface area contributed by atoms with Gasteiger partial charge in [-0.25, -0.2) is 4.98 Å². The Morgan fingerprint density at radius 2 is 2.30 bits per heavy atom. The highest BCUT2D eigenvalue weighted by molar-refractivity contribution is 5.74. The van der Waals surface area contributed by atoms with Gasteiger partial charge in [-0.15, -0.1) is 10.2 Å². The van der Waals surface area contributed by atoms with Gasteiger partial charge in [-0.05, 0) is 24.8 Å². The summed E-state index contributed by atoms with van der Waals surface area (Å²) in [4.78, 5) is 7.45. The molecule has 6 nitrogen and oxygen atoms in total. The fourth-order valence-electron chi connectivity index (χ4n) is 3.50. The van der Waals surface area contributed by atoms with E-state index in [0.717, 1.165) is 41.9 Å². The van der Waals surface area contributed by atoms with Crippen LogP contribution in [0.15, 0.2) is 18.5 Å². The summed E-state index contributed by atoms with van der Waals surface area (Å²) in [6.45, 7) is 2.17. The van der Waals surface area contributed by atoms with E-state index in [1.54, 1.807) is 6.20 Å². The van der Waals surface area contributed by atoms with Crippen LogP contribution in [0.4, 0.5) is 0 Å².